The molecule has 0 unspecified atom stereocenters. The molecule has 2 rings (SSSR count). The zero-order valence-corrected chi connectivity index (χ0v) is 20.7. The number of allylic oxidation sites excluding steroid dienone is 6. The van der Waals surface area contributed by atoms with Crippen LogP contribution in [0.5, 0.6) is 0 Å². The van der Waals surface area contributed by atoms with Gasteiger partial charge >= 0.3 is 175 Å². The maximum atomic E-state index is 3.34. The van der Waals surface area contributed by atoms with Crippen molar-refractivity contribution in [1.29, 1.82) is 0 Å². The number of nitrogens with one attached hydrogen (secondary N) is 2. The van der Waals surface area contributed by atoms with Gasteiger partial charge in [0.05, 0.1) is 0 Å². The monoisotopic (exact) mass is 543 g/mol. The first-order valence-corrected chi connectivity index (χ1v) is 17.5. The summed E-state index contributed by atoms with van der Waals surface area (Å²) in [5, 5.41) is 1.35. The van der Waals surface area contributed by atoms with Gasteiger partial charge in [-0.3, -0.25) is 0 Å². The number of H-pyrrole nitrogens is 2. The van der Waals surface area contributed by atoms with Gasteiger partial charge in [0.25, 0.3) is 0 Å². The van der Waals surface area contributed by atoms with Gasteiger partial charge in [0, 0.05) is 0 Å². The SMILES string of the molecule is CC=CC=[CH][Ru]([CH2]CC)[c]1ccc[nH]1.CC=CC=[CH][Ru]([CH3])([CH3])[c]1ccc[nH]1. The summed E-state index contributed by atoms with van der Waals surface area (Å²) >= 11 is -2.58. The summed E-state index contributed by atoms with van der Waals surface area (Å²) < 4.78 is 7.64. The Morgan fingerprint density at radius 2 is 1.59 bits per heavy atom. The van der Waals surface area contributed by atoms with Gasteiger partial charge in [0.1, 0.15) is 0 Å². The molecular formula is C23H35N2Ru2. The molecule has 0 bridgehead atoms. The van der Waals surface area contributed by atoms with Crippen molar-refractivity contribution < 1.29 is 30.7 Å². The Hall–Kier alpha value is -1.23. The molecule has 0 spiro atoms. The van der Waals surface area contributed by atoms with E-state index in [0.29, 0.717) is 0 Å². The van der Waals surface area contributed by atoms with Gasteiger partial charge in [-0.2, -0.15) is 0 Å². The fourth-order valence-corrected chi connectivity index (χ4v) is 8.71. The second-order valence-corrected chi connectivity index (χ2v) is 17.7. The standard InChI is InChI=1S/2C5H7.2C4H4N.C3H7.2CH3.2Ru/c2*1-3-5-4-2;2*1-2-4-5-3-1;1-3-2;;;;/h2*1,3-5H,2H3;2*1-3,5H;1,3H2,2H3;2*1H3;;. The van der Waals surface area contributed by atoms with E-state index in [1.54, 1.807) is 0 Å². The minimum atomic E-state index is -1.67. The number of hydrogen-bond donors (Lipinski definition) is 2. The van der Waals surface area contributed by atoms with Gasteiger partial charge in [-0.05, 0) is 0 Å². The third kappa shape index (κ3) is 9.50. The van der Waals surface area contributed by atoms with Crippen molar-refractivity contribution in [3.05, 3.63) is 82.5 Å². The summed E-state index contributed by atoms with van der Waals surface area (Å²) in [4.78, 5) is 6.64. The molecule has 0 aliphatic carbocycles. The molecule has 0 aromatic carbocycles. The molecule has 4 heteroatoms. The average molecular weight is 542 g/mol. The molecule has 0 aliphatic heterocycles. The summed E-state index contributed by atoms with van der Waals surface area (Å²) in [6.45, 7) is 6.35. The van der Waals surface area contributed by atoms with Gasteiger partial charge in [0.2, 0.25) is 0 Å². The van der Waals surface area contributed by atoms with Crippen molar-refractivity contribution in [3.8, 4) is 0 Å². The molecule has 27 heavy (non-hydrogen) atoms. The zero-order chi connectivity index (χ0) is 20.0. The molecule has 0 atom stereocenters. The summed E-state index contributed by atoms with van der Waals surface area (Å²) in [6.07, 6.45) is 18.0. The third-order valence-corrected chi connectivity index (χ3v) is 12.7. The molecule has 0 saturated heterocycles. The first-order valence-electron chi connectivity index (χ1n) is 9.07. The molecule has 0 fully saturated rings. The third-order valence-electron chi connectivity index (χ3n) is 3.39. The van der Waals surface area contributed by atoms with Crippen molar-refractivity contribution in [3.63, 3.8) is 0 Å². The Balaban J connectivity index is 0.000000271. The Morgan fingerprint density at radius 3 is 2.15 bits per heavy atom. The number of rotatable bonds is 8. The summed E-state index contributed by atoms with van der Waals surface area (Å²) in [7, 11) is 0. The summed E-state index contributed by atoms with van der Waals surface area (Å²) in [6, 6.07) is 8.57. The number of aromatic amines is 2. The van der Waals surface area contributed by atoms with Crippen molar-refractivity contribution in [2.45, 2.75) is 43.2 Å². The fraction of sp³-hybridized carbons (Fsp3) is 0.304. The molecular weight excluding hydrogens is 506 g/mol. The second kappa shape index (κ2) is 13.9. The topological polar surface area (TPSA) is 31.6 Å². The van der Waals surface area contributed by atoms with Crippen LogP contribution in [0.25, 0.3) is 0 Å². The van der Waals surface area contributed by atoms with E-state index in [4.69, 9.17) is 0 Å². The van der Waals surface area contributed by atoms with Crippen molar-refractivity contribution in [1.82, 2.24) is 9.97 Å². The summed E-state index contributed by atoms with van der Waals surface area (Å²) in [5.41, 5.74) is 4.73. The van der Waals surface area contributed by atoms with E-state index < -0.39 is 30.7 Å². The van der Waals surface area contributed by atoms with E-state index in [0.717, 1.165) is 0 Å². The molecule has 0 saturated carbocycles. The average Bonchev–Trinajstić information content (AvgIpc) is 3.36. The van der Waals surface area contributed by atoms with Gasteiger partial charge in [-0.1, -0.05) is 0 Å². The van der Waals surface area contributed by atoms with Crippen LogP contribution in [0.2, 0.25) is 16.1 Å². The van der Waals surface area contributed by atoms with Crippen LogP contribution in [0.4, 0.5) is 0 Å². The van der Waals surface area contributed by atoms with Crippen molar-refractivity contribution in [2.75, 3.05) is 0 Å². The van der Waals surface area contributed by atoms with Crippen LogP contribution < -0.4 is 8.58 Å². The molecule has 2 aromatic heterocycles. The van der Waals surface area contributed by atoms with Gasteiger partial charge in [-0.15, -0.1) is 0 Å². The quantitative estimate of drug-likeness (QED) is 0.297. The van der Waals surface area contributed by atoms with Crippen molar-refractivity contribution in [2.24, 2.45) is 0 Å². The van der Waals surface area contributed by atoms with Crippen LogP contribution in [0.3, 0.4) is 0 Å². The van der Waals surface area contributed by atoms with E-state index >= 15 is 0 Å². The second-order valence-electron chi connectivity index (χ2n) is 5.95. The molecule has 153 valence electrons. The molecule has 2 nitrogen and oxygen atoms in total. The van der Waals surface area contributed by atoms with Crippen LogP contribution >= 0.6 is 0 Å². The van der Waals surface area contributed by atoms with Crippen LogP contribution in [0.1, 0.15) is 27.2 Å². The van der Waals surface area contributed by atoms with Gasteiger partial charge in [-0.25, -0.2) is 0 Å². The summed E-state index contributed by atoms with van der Waals surface area (Å²) in [5.74, 6) is 0. The van der Waals surface area contributed by atoms with Crippen LogP contribution in [-0.4, -0.2) is 9.97 Å². The van der Waals surface area contributed by atoms with Gasteiger partial charge in [0.15, 0.2) is 0 Å². The fourth-order valence-electron chi connectivity index (χ4n) is 2.06. The van der Waals surface area contributed by atoms with E-state index in [9.17, 15) is 0 Å². The molecule has 0 aliphatic rings. The zero-order valence-electron chi connectivity index (χ0n) is 17.2. The minimum absolute atomic E-state index is 0.907. The molecule has 2 aromatic rings. The van der Waals surface area contributed by atoms with Crippen molar-refractivity contribution >= 4 is 8.58 Å². The Kier molecular flexibility index (Phi) is 12.2. The molecule has 2 heterocycles. The van der Waals surface area contributed by atoms with Crippen LogP contribution in [-0.2, 0) is 30.7 Å². The first kappa shape index (κ1) is 23.8. The van der Waals surface area contributed by atoms with Gasteiger partial charge < -0.3 is 0 Å². The van der Waals surface area contributed by atoms with E-state index in [2.05, 4.69) is 105 Å². The Labute approximate surface area is 174 Å². The van der Waals surface area contributed by atoms with E-state index in [1.807, 2.05) is 19.3 Å². The molecule has 2 N–H and O–H groups in total. The number of aromatic nitrogens is 2. The molecule has 0 amide bonds. The van der Waals surface area contributed by atoms with Crippen LogP contribution in [0, 0.1) is 0 Å². The predicted molar refractivity (Wildman–Crippen MR) is 116 cm³/mol. The predicted octanol–water partition coefficient (Wildman–Crippen LogP) is 6.16. The van der Waals surface area contributed by atoms with Crippen LogP contribution in [0.15, 0.2) is 82.5 Å². The maximum absolute atomic E-state index is 3.34. The normalized spacial score (nSPS) is 13.6. The molecule has 0 radical (unpaired) electrons. The van der Waals surface area contributed by atoms with E-state index in [1.165, 1.54) is 20.0 Å². The Bertz CT molecular complexity index is 706. The first-order chi connectivity index (χ1) is 13.0. The number of hydrogen-bond acceptors (Lipinski definition) is 0. The van der Waals surface area contributed by atoms with E-state index in [-0.39, 0.29) is 0 Å². The Morgan fingerprint density at radius 1 is 0.926 bits per heavy atom.